The molecule has 0 saturated heterocycles. The van der Waals surface area contributed by atoms with Gasteiger partial charge in [-0.05, 0) is 13.0 Å². The third-order valence-corrected chi connectivity index (χ3v) is 2.60. The molecule has 2 heterocycles. The quantitative estimate of drug-likeness (QED) is 0.829. The van der Waals surface area contributed by atoms with Crippen molar-refractivity contribution in [1.82, 2.24) is 25.1 Å². The van der Waals surface area contributed by atoms with E-state index in [-0.39, 0.29) is 17.9 Å². The number of nitrogens with zero attached hydrogens (tertiary/aromatic N) is 4. The molecular formula is C11H13FN6O. The second-order valence-corrected chi connectivity index (χ2v) is 3.77. The summed E-state index contributed by atoms with van der Waals surface area (Å²) in [6, 6.07) is 1.27. The van der Waals surface area contributed by atoms with Gasteiger partial charge in [-0.25, -0.2) is 9.37 Å². The number of hydrogen-bond acceptors (Lipinski definition) is 5. The molecule has 2 aromatic heterocycles. The van der Waals surface area contributed by atoms with Crippen molar-refractivity contribution in [3.05, 3.63) is 35.8 Å². The maximum absolute atomic E-state index is 13.6. The molecule has 3 N–H and O–H groups in total. The minimum absolute atomic E-state index is 0.143. The molecule has 2 aromatic rings. The highest BCUT2D eigenvalue weighted by Gasteiger charge is 2.15. The third-order valence-electron chi connectivity index (χ3n) is 2.60. The van der Waals surface area contributed by atoms with Crippen molar-refractivity contribution in [2.45, 2.75) is 20.0 Å². The fourth-order valence-corrected chi connectivity index (χ4v) is 1.57. The first-order valence-corrected chi connectivity index (χ1v) is 5.68. The molecule has 8 heteroatoms. The number of aryl methyl sites for hydroxylation is 1. The number of pyridine rings is 1. The first-order chi connectivity index (χ1) is 9.13. The van der Waals surface area contributed by atoms with Gasteiger partial charge in [0.15, 0.2) is 17.5 Å². The number of hydrogen-bond donors (Lipinski definition) is 2. The van der Waals surface area contributed by atoms with Crippen LogP contribution in [-0.4, -0.2) is 25.7 Å². The van der Waals surface area contributed by atoms with Gasteiger partial charge in [-0.3, -0.25) is 4.79 Å². The lowest BCUT2D eigenvalue weighted by Gasteiger charge is -2.07. The topological polar surface area (TPSA) is 98.7 Å². The van der Waals surface area contributed by atoms with E-state index in [1.165, 1.54) is 12.3 Å². The lowest BCUT2D eigenvalue weighted by molar-refractivity contribution is 0.0945. The first-order valence-electron chi connectivity index (χ1n) is 5.68. The van der Waals surface area contributed by atoms with Crippen LogP contribution in [0.3, 0.4) is 0 Å². The summed E-state index contributed by atoms with van der Waals surface area (Å²) in [5.74, 6) is -1.10. The summed E-state index contributed by atoms with van der Waals surface area (Å²) in [5, 5.41) is 10.2. The molecule has 0 aliphatic rings. The number of amides is 1. The molecule has 7 nitrogen and oxygen atoms in total. The summed E-state index contributed by atoms with van der Waals surface area (Å²) in [6.45, 7) is 2.78. The Kier molecular flexibility index (Phi) is 3.69. The van der Waals surface area contributed by atoms with Crippen LogP contribution in [0.25, 0.3) is 0 Å². The fraction of sp³-hybridized carbons (Fsp3) is 0.273. The second-order valence-electron chi connectivity index (χ2n) is 3.77. The molecule has 0 atom stereocenters. The Morgan fingerprint density at radius 3 is 3.11 bits per heavy atom. The molecule has 0 aliphatic heterocycles. The van der Waals surface area contributed by atoms with Crippen molar-refractivity contribution in [2.24, 2.45) is 0 Å². The number of carbonyl (C=O) groups is 1. The molecule has 0 saturated carbocycles. The van der Waals surface area contributed by atoms with Crippen molar-refractivity contribution in [2.75, 3.05) is 5.73 Å². The molecule has 1 amide bonds. The highest BCUT2D eigenvalue weighted by molar-refractivity contribution is 5.94. The largest absolute Gasteiger partial charge is 0.381 e. The Labute approximate surface area is 108 Å². The van der Waals surface area contributed by atoms with Crippen LogP contribution in [0, 0.1) is 5.82 Å². The van der Waals surface area contributed by atoms with Gasteiger partial charge in [0.2, 0.25) is 0 Å². The number of carbonyl (C=O) groups excluding carboxylic acids is 1. The van der Waals surface area contributed by atoms with Gasteiger partial charge in [0.05, 0.1) is 12.1 Å². The van der Waals surface area contributed by atoms with Crippen LogP contribution in [-0.2, 0) is 13.1 Å². The molecule has 0 unspecified atom stereocenters. The van der Waals surface area contributed by atoms with E-state index >= 15 is 0 Å². The predicted molar refractivity (Wildman–Crippen MR) is 65.5 cm³/mol. The van der Waals surface area contributed by atoms with Crippen molar-refractivity contribution in [3.8, 4) is 0 Å². The van der Waals surface area contributed by atoms with Crippen LogP contribution in [0.15, 0.2) is 18.6 Å². The number of aromatic nitrogens is 4. The Hall–Kier alpha value is -2.51. The van der Waals surface area contributed by atoms with E-state index in [0.717, 1.165) is 0 Å². The van der Waals surface area contributed by atoms with Crippen LogP contribution in [0.2, 0.25) is 0 Å². The second kappa shape index (κ2) is 5.42. The van der Waals surface area contributed by atoms with Gasteiger partial charge >= 0.3 is 0 Å². The van der Waals surface area contributed by atoms with Gasteiger partial charge in [-0.15, -0.1) is 10.2 Å². The normalized spacial score (nSPS) is 10.4. The Balaban J connectivity index is 2.08. The van der Waals surface area contributed by atoms with E-state index in [9.17, 15) is 9.18 Å². The molecule has 2 rings (SSSR count). The van der Waals surface area contributed by atoms with Crippen LogP contribution >= 0.6 is 0 Å². The standard InChI is InChI=1S/C11H13FN6O/c1-2-18-6-16-17-8(18)5-15-11(19)7-3-4-14-10(13)9(7)12/h3-4,6H,2,5H2,1H3,(H2,13,14)(H,15,19). The molecule has 0 aromatic carbocycles. The fourth-order valence-electron chi connectivity index (χ4n) is 1.57. The third kappa shape index (κ3) is 2.67. The summed E-state index contributed by atoms with van der Waals surface area (Å²) < 4.78 is 15.4. The van der Waals surface area contributed by atoms with E-state index in [0.29, 0.717) is 12.4 Å². The van der Waals surface area contributed by atoms with Gasteiger partial charge in [0.25, 0.3) is 5.91 Å². The molecule has 0 bridgehead atoms. The highest BCUT2D eigenvalue weighted by Crippen LogP contribution is 2.11. The van der Waals surface area contributed by atoms with Gasteiger partial charge < -0.3 is 15.6 Å². The average molecular weight is 264 g/mol. The lowest BCUT2D eigenvalue weighted by atomic mass is 10.2. The summed E-state index contributed by atoms with van der Waals surface area (Å²) >= 11 is 0. The van der Waals surface area contributed by atoms with Crippen molar-refractivity contribution < 1.29 is 9.18 Å². The van der Waals surface area contributed by atoms with E-state index in [1.54, 1.807) is 10.9 Å². The highest BCUT2D eigenvalue weighted by atomic mass is 19.1. The van der Waals surface area contributed by atoms with Crippen LogP contribution in [0.1, 0.15) is 23.1 Å². The SMILES string of the molecule is CCn1cnnc1CNC(=O)c1ccnc(N)c1F. The van der Waals surface area contributed by atoms with Crippen LogP contribution in [0.5, 0.6) is 0 Å². The minimum Gasteiger partial charge on any atom is -0.381 e. The number of halogens is 1. The molecule has 0 spiro atoms. The van der Waals surface area contributed by atoms with Crippen molar-refractivity contribution in [1.29, 1.82) is 0 Å². The number of nitrogens with one attached hydrogen (secondary N) is 1. The molecule has 100 valence electrons. The molecule has 0 fully saturated rings. The number of nitrogen functional groups attached to an aromatic ring is 1. The van der Waals surface area contributed by atoms with Crippen LogP contribution in [0.4, 0.5) is 10.2 Å². The van der Waals surface area contributed by atoms with E-state index < -0.39 is 11.7 Å². The summed E-state index contributed by atoms with van der Waals surface area (Å²) in [7, 11) is 0. The molecule has 19 heavy (non-hydrogen) atoms. The maximum Gasteiger partial charge on any atom is 0.254 e. The average Bonchev–Trinajstić information content (AvgIpc) is 2.86. The van der Waals surface area contributed by atoms with Crippen molar-refractivity contribution in [3.63, 3.8) is 0 Å². The summed E-state index contributed by atoms with van der Waals surface area (Å²) in [5.41, 5.74) is 5.16. The minimum atomic E-state index is -0.822. The van der Waals surface area contributed by atoms with Gasteiger partial charge in [-0.1, -0.05) is 0 Å². The smallest absolute Gasteiger partial charge is 0.254 e. The van der Waals surface area contributed by atoms with Gasteiger partial charge in [0.1, 0.15) is 6.33 Å². The Bertz CT molecular complexity index is 597. The zero-order valence-electron chi connectivity index (χ0n) is 10.3. The number of anilines is 1. The zero-order chi connectivity index (χ0) is 13.8. The van der Waals surface area contributed by atoms with E-state index in [1.807, 2.05) is 6.92 Å². The van der Waals surface area contributed by atoms with Crippen LogP contribution < -0.4 is 11.1 Å². The Morgan fingerprint density at radius 2 is 2.37 bits per heavy atom. The summed E-state index contributed by atoms with van der Waals surface area (Å²) in [6.07, 6.45) is 2.84. The van der Waals surface area contributed by atoms with Gasteiger partial charge in [-0.2, -0.15) is 0 Å². The molecular weight excluding hydrogens is 251 g/mol. The summed E-state index contributed by atoms with van der Waals surface area (Å²) in [4.78, 5) is 15.4. The number of rotatable bonds is 4. The first kappa shape index (κ1) is 12.9. The zero-order valence-corrected chi connectivity index (χ0v) is 10.3. The molecule has 0 aliphatic carbocycles. The Morgan fingerprint density at radius 1 is 1.58 bits per heavy atom. The maximum atomic E-state index is 13.6. The van der Waals surface area contributed by atoms with E-state index in [2.05, 4.69) is 20.5 Å². The predicted octanol–water partition coefficient (Wildman–Crippen LogP) is 0.344. The van der Waals surface area contributed by atoms with E-state index in [4.69, 9.17) is 5.73 Å². The van der Waals surface area contributed by atoms with Crippen molar-refractivity contribution >= 4 is 11.7 Å². The monoisotopic (exact) mass is 264 g/mol. The number of nitrogens with two attached hydrogens (primary N) is 1. The van der Waals surface area contributed by atoms with Gasteiger partial charge in [0, 0.05) is 12.7 Å². The lowest BCUT2D eigenvalue weighted by Crippen LogP contribution is -2.26. The molecule has 0 radical (unpaired) electrons.